The highest BCUT2D eigenvalue weighted by atomic mass is 16.5. The molecule has 4 nitrogen and oxygen atoms in total. The minimum atomic E-state index is 0.238. The van der Waals surface area contributed by atoms with Gasteiger partial charge in [0.15, 0.2) is 0 Å². The van der Waals surface area contributed by atoms with Crippen LogP contribution in [0.25, 0.3) is 0 Å². The maximum Gasteiger partial charge on any atom is 0.136 e. The van der Waals surface area contributed by atoms with Crippen LogP contribution in [0.15, 0.2) is 0 Å². The summed E-state index contributed by atoms with van der Waals surface area (Å²) < 4.78 is 15.6. The zero-order chi connectivity index (χ0) is 13.1. The van der Waals surface area contributed by atoms with Crippen molar-refractivity contribution in [2.75, 3.05) is 40.1 Å². The number of Topliss-reactive ketones (excluding diaryl/α,β-unsaturated/α-hetero) is 1. The Morgan fingerprint density at radius 2 is 1.72 bits per heavy atom. The van der Waals surface area contributed by atoms with Gasteiger partial charge in [0.1, 0.15) is 5.78 Å². The smallest absolute Gasteiger partial charge is 0.136 e. The lowest BCUT2D eigenvalue weighted by molar-refractivity contribution is -0.123. The van der Waals surface area contributed by atoms with Crippen LogP contribution in [0.4, 0.5) is 0 Å². The van der Waals surface area contributed by atoms with Crippen LogP contribution >= 0.6 is 0 Å². The summed E-state index contributed by atoms with van der Waals surface area (Å²) in [6, 6.07) is 0. The maximum absolute atomic E-state index is 11.8. The Kier molecular flexibility index (Phi) is 9.08. The number of hydrogen-bond acceptors (Lipinski definition) is 4. The zero-order valence-electron chi connectivity index (χ0n) is 11.5. The SMILES string of the molecule is COCCOCCOCCC1CCCCCC1=O. The molecule has 1 rings (SSSR count). The van der Waals surface area contributed by atoms with Gasteiger partial charge in [0, 0.05) is 26.1 Å². The van der Waals surface area contributed by atoms with E-state index in [1.165, 1.54) is 12.8 Å². The number of hydrogen-bond donors (Lipinski definition) is 0. The predicted octanol–water partition coefficient (Wildman–Crippen LogP) is 2.21. The fourth-order valence-electron chi connectivity index (χ4n) is 2.23. The first kappa shape index (κ1) is 15.6. The van der Waals surface area contributed by atoms with Crippen LogP contribution in [-0.2, 0) is 19.0 Å². The van der Waals surface area contributed by atoms with Gasteiger partial charge < -0.3 is 14.2 Å². The van der Waals surface area contributed by atoms with Crippen molar-refractivity contribution in [2.24, 2.45) is 5.92 Å². The van der Waals surface area contributed by atoms with Gasteiger partial charge in [0.25, 0.3) is 0 Å². The largest absolute Gasteiger partial charge is 0.382 e. The van der Waals surface area contributed by atoms with E-state index < -0.39 is 0 Å². The lowest BCUT2D eigenvalue weighted by atomic mass is 9.96. The molecule has 0 amide bonds. The van der Waals surface area contributed by atoms with E-state index in [2.05, 4.69) is 0 Å². The van der Waals surface area contributed by atoms with Crippen LogP contribution in [0, 0.1) is 5.92 Å². The van der Waals surface area contributed by atoms with Crippen molar-refractivity contribution in [3.63, 3.8) is 0 Å². The summed E-state index contributed by atoms with van der Waals surface area (Å²) in [5.74, 6) is 0.675. The van der Waals surface area contributed by atoms with Crippen molar-refractivity contribution < 1.29 is 19.0 Å². The van der Waals surface area contributed by atoms with Gasteiger partial charge in [-0.15, -0.1) is 0 Å². The number of carbonyl (C=O) groups excluding carboxylic acids is 1. The summed E-state index contributed by atoms with van der Waals surface area (Å²) in [6.07, 6.45) is 6.16. The molecule has 0 N–H and O–H groups in total. The Bertz CT molecular complexity index is 218. The highest BCUT2D eigenvalue weighted by Gasteiger charge is 2.19. The van der Waals surface area contributed by atoms with E-state index in [9.17, 15) is 4.79 Å². The fraction of sp³-hybridized carbons (Fsp3) is 0.929. The number of methoxy groups -OCH3 is 1. The molecule has 0 spiro atoms. The summed E-state index contributed by atoms with van der Waals surface area (Å²) in [4.78, 5) is 11.8. The summed E-state index contributed by atoms with van der Waals surface area (Å²) in [5, 5.41) is 0. The van der Waals surface area contributed by atoms with Gasteiger partial charge in [0.2, 0.25) is 0 Å². The van der Waals surface area contributed by atoms with Crippen molar-refractivity contribution in [1.82, 2.24) is 0 Å². The van der Waals surface area contributed by atoms with E-state index in [0.29, 0.717) is 38.8 Å². The Labute approximate surface area is 110 Å². The van der Waals surface area contributed by atoms with Gasteiger partial charge in [-0.05, 0) is 19.3 Å². The van der Waals surface area contributed by atoms with Crippen molar-refractivity contribution in [3.05, 3.63) is 0 Å². The third-order valence-corrected chi connectivity index (χ3v) is 3.35. The minimum Gasteiger partial charge on any atom is -0.382 e. The van der Waals surface area contributed by atoms with E-state index in [1.807, 2.05) is 0 Å². The lowest BCUT2D eigenvalue weighted by Crippen LogP contribution is -2.16. The van der Waals surface area contributed by atoms with Crippen LogP contribution in [0.2, 0.25) is 0 Å². The molecule has 1 aliphatic rings. The third-order valence-electron chi connectivity index (χ3n) is 3.35. The third kappa shape index (κ3) is 7.09. The van der Waals surface area contributed by atoms with Gasteiger partial charge in [-0.25, -0.2) is 0 Å². The molecular formula is C14H26O4. The Balaban J connectivity index is 1.94. The van der Waals surface area contributed by atoms with E-state index in [-0.39, 0.29) is 5.92 Å². The summed E-state index contributed by atoms with van der Waals surface area (Å²) in [7, 11) is 1.66. The summed E-state index contributed by atoms with van der Waals surface area (Å²) in [5.41, 5.74) is 0. The molecule has 0 aromatic carbocycles. The quantitative estimate of drug-likeness (QED) is 0.470. The average molecular weight is 258 g/mol. The van der Waals surface area contributed by atoms with Gasteiger partial charge in [-0.2, -0.15) is 0 Å². The second-order valence-corrected chi connectivity index (χ2v) is 4.77. The molecule has 1 atom stereocenters. The van der Waals surface area contributed by atoms with Crippen LogP contribution in [-0.4, -0.2) is 45.9 Å². The molecule has 1 fully saturated rings. The second-order valence-electron chi connectivity index (χ2n) is 4.77. The van der Waals surface area contributed by atoms with E-state index in [0.717, 1.165) is 25.7 Å². The topological polar surface area (TPSA) is 44.8 Å². The number of carbonyl (C=O) groups is 1. The van der Waals surface area contributed by atoms with Gasteiger partial charge in [0.05, 0.1) is 26.4 Å². The molecule has 0 aromatic heterocycles. The van der Waals surface area contributed by atoms with E-state index >= 15 is 0 Å². The summed E-state index contributed by atoms with van der Waals surface area (Å²) >= 11 is 0. The van der Waals surface area contributed by atoms with Crippen LogP contribution < -0.4 is 0 Å². The molecule has 0 heterocycles. The minimum absolute atomic E-state index is 0.238. The van der Waals surface area contributed by atoms with Crippen molar-refractivity contribution in [2.45, 2.75) is 38.5 Å². The van der Waals surface area contributed by atoms with Crippen molar-refractivity contribution in [3.8, 4) is 0 Å². The first-order valence-corrected chi connectivity index (χ1v) is 7.01. The van der Waals surface area contributed by atoms with Gasteiger partial charge in [-0.3, -0.25) is 4.79 Å². The standard InChI is InChI=1S/C14H26O4/c1-16-9-10-18-12-11-17-8-7-13-5-3-2-4-6-14(13)15/h13H,2-12H2,1H3. The molecular weight excluding hydrogens is 232 g/mol. The Hall–Kier alpha value is -0.450. The highest BCUT2D eigenvalue weighted by molar-refractivity contribution is 5.81. The zero-order valence-corrected chi connectivity index (χ0v) is 11.5. The number of ketones is 1. The van der Waals surface area contributed by atoms with Crippen molar-refractivity contribution in [1.29, 1.82) is 0 Å². The van der Waals surface area contributed by atoms with Crippen LogP contribution in [0.1, 0.15) is 38.5 Å². The maximum atomic E-state index is 11.8. The van der Waals surface area contributed by atoms with Crippen LogP contribution in [0.5, 0.6) is 0 Å². The molecule has 18 heavy (non-hydrogen) atoms. The molecule has 0 radical (unpaired) electrons. The molecule has 0 aliphatic heterocycles. The number of ether oxygens (including phenoxy) is 3. The first-order valence-electron chi connectivity index (χ1n) is 7.01. The first-order chi connectivity index (χ1) is 8.84. The Morgan fingerprint density at radius 3 is 2.50 bits per heavy atom. The van der Waals surface area contributed by atoms with Gasteiger partial charge >= 0.3 is 0 Å². The van der Waals surface area contributed by atoms with E-state index in [1.54, 1.807) is 7.11 Å². The van der Waals surface area contributed by atoms with E-state index in [4.69, 9.17) is 14.2 Å². The number of rotatable bonds is 9. The Morgan fingerprint density at radius 1 is 1.00 bits per heavy atom. The molecule has 1 aliphatic carbocycles. The molecule has 0 aromatic rings. The molecule has 4 heteroatoms. The fourth-order valence-corrected chi connectivity index (χ4v) is 2.23. The lowest BCUT2D eigenvalue weighted by Gasteiger charge is -2.12. The predicted molar refractivity (Wildman–Crippen MR) is 69.7 cm³/mol. The summed E-state index contributed by atoms with van der Waals surface area (Å²) in [6.45, 7) is 3.11. The molecule has 1 saturated carbocycles. The molecule has 0 bridgehead atoms. The highest BCUT2D eigenvalue weighted by Crippen LogP contribution is 2.22. The normalized spacial score (nSPS) is 20.9. The average Bonchev–Trinajstić information content (AvgIpc) is 2.58. The molecule has 0 saturated heterocycles. The monoisotopic (exact) mass is 258 g/mol. The second kappa shape index (κ2) is 10.5. The molecule has 1 unspecified atom stereocenters. The van der Waals surface area contributed by atoms with Crippen LogP contribution in [0.3, 0.4) is 0 Å². The van der Waals surface area contributed by atoms with Gasteiger partial charge in [-0.1, -0.05) is 12.8 Å². The van der Waals surface area contributed by atoms with Crippen molar-refractivity contribution >= 4 is 5.78 Å². The molecule has 106 valence electrons.